The molecule has 0 unspecified atom stereocenters. The molecule has 28 heavy (non-hydrogen) atoms. The van der Waals surface area contributed by atoms with Gasteiger partial charge in [0.1, 0.15) is 0 Å². The van der Waals surface area contributed by atoms with Gasteiger partial charge < -0.3 is 21.1 Å². The van der Waals surface area contributed by atoms with Crippen LogP contribution in [0.5, 0.6) is 0 Å². The number of halogens is 1. The Morgan fingerprint density at radius 1 is 1.36 bits per heavy atom. The number of hydrogen-bond donors (Lipinski definition) is 4. The van der Waals surface area contributed by atoms with Crippen molar-refractivity contribution in [1.29, 1.82) is 0 Å². The zero-order chi connectivity index (χ0) is 19.8. The fraction of sp³-hybridized carbons (Fsp3) is 0.444. The fourth-order valence-corrected chi connectivity index (χ4v) is 3.94. The summed E-state index contributed by atoms with van der Waals surface area (Å²) in [5.74, 6) is -0.922. The number of fused-ring (bicyclic) bond motifs is 1. The lowest BCUT2D eigenvalue weighted by Crippen LogP contribution is -2.48. The van der Waals surface area contributed by atoms with Gasteiger partial charge in [-0.2, -0.15) is 5.10 Å². The fourth-order valence-electron chi connectivity index (χ4n) is 3.94. The minimum Gasteiger partial charge on any atom is -0.465 e. The molecule has 10 heteroatoms. The molecule has 0 radical (unpaired) electrons. The summed E-state index contributed by atoms with van der Waals surface area (Å²) in [4.78, 5) is 27.7. The first-order valence-electron chi connectivity index (χ1n) is 9.19. The van der Waals surface area contributed by atoms with E-state index in [-0.39, 0.29) is 41.5 Å². The molecule has 3 heterocycles. The molecular formula is C18H21FN6O3. The SMILES string of the molecule is Cn1cc(-c2nc(N[C@@H]3CCCC[C@@H]3NC(=O)O)c(F)c3c2C(=O)NC3)cn1. The van der Waals surface area contributed by atoms with Crippen molar-refractivity contribution >= 4 is 17.8 Å². The highest BCUT2D eigenvalue weighted by Gasteiger charge is 2.33. The van der Waals surface area contributed by atoms with Crippen molar-refractivity contribution in [3.8, 4) is 11.3 Å². The van der Waals surface area contributed by atoms with Crippen molar-refractivity contribution in [2.45, 2.75) is 44.3 Å². The summed E-state index contributed by atoms with van der Waals surface area (Å²) < 4.78 is 16.7. The maximum atomic E-state index is 15.1. The van der Waals surface area contributed by atoms with Gasteiger partial charge in [0.2, 0.25) is 0 Å². The highest BCUT2D eigenvalue weighted by atomic mass is 19.1. The van der Waals surface area contributed by atoms with Crippen molar-refractivity contribution in [3.05, 3.63) is 29.3 Å². The number of hydrogen-bond acceptors (Lipinski definition) is 5. The van der Waals surface area contributed by atoms with E-state index in [1.807, 2.05) is 0 Å². The smallest absolute Gasteiger partial charge is 0.404 e. The first-order valence-corrected chi connectivity index (χ1v) is 9.19. The van der Waals surface area contributed by atoms with Crippen molar-refractivity contribution < 1.29 is 19.1 Å². The van der Waals surface area contributed by atoms with Crippen molar-refractivity contribution in [1.82, 2.24) is 25.4 Å². The average Bonchev–Trinajstić information content (AvgIpc) is 3.25. The van der Waals surface area contributed by atoms with E-state index >= 15 is 4.39 Å². The summed E-state index contributed by atoms with van der Waals surface area (Å²) in [6.07, 6.45) is 5.37. The summed E-state index contributed by atoms with van der Waals surface area (Å²) in [7, 11) is 1.75. The second-order valence-corrected chi connectivity index (χ2v) is 7.15. The van der Waals surface area contributed by atoms with E-state index in [1.54, 1.807) is 24.1 Å². The number of anilines is 1. The molecule has 2 aromatic rings. The second kappa shape index (κ2) is 7.10. The van der Waals surface area contributed by atoms with Gasteiger partial charge in [0.15, 0.2) is 11.6 Å². The molecule has 0 saturated heterocycles. The van der Waals surface area contributed by atoms with Gasteiger partial charge in [0.05, 0.1) is 23.5 Å². The van der Waals surface area contributed by atoms with E-state index < -0.39 is 11.9 Å². The van der Waals surface area contributed by atoms with E-state index in [2.05, 4.69) is 26.0 Å². The molecule has 1 aliphatic heterocycles. The van der Waals surface area contributed by atoms with Gasteiger partial charge in [-0.05, 0) is 12.8 Å². The molecule has 2 amide bonds. The number of pyridine rings is 1. The minimum atomic E-state index is -1.10. The average molecular weight is 388 g/mol. The van der Waals surface area contributed by atoms with Gasteiger partial charge in [0.25, 0.3) is 5.91 Å². The van der Waals surface area contributed by atoms with Crippen LogP contribution in [0.15, 0.2) is 12.4 Å². The van der Waals surface area contributed by atoms with Gasteiger partial charge in [-0.25, -0.2) is 14.2 Å². The van der Waals surface area contributed by atoms with Crippen molar-refractivity contribution in [2.75, 3.05) is 5.32 Å². The molecule has 1 aliphatic carbocycles. The number of amides is 2. The molecule has 1 saturated carbocycles. The van der Waals surface area contributed by atoms with Crippen LogP contribution in [0, 0.1) is 5.82 Å². The highest BCUT2D eigenvalue weighted by molar-refractivity contribution is 6.04. The Balaban J connectivity index is 1.73. The molecule has 148 valence electrons. The molecule has 2 atom stereocenters. The molecule has 2 aromatic heterocycles. The zero-order valence-electron chi connectivity index (χ0n) is 15.3. The van der Waals surface area contributed by atoms with E-state index in [4.69, 9.17) is 5.11 Å². The molecule has 4 N–H and O–H groups in total. The van der Waals surface area contributed by atoms with Gasteiger partial charge in [-0.1, -0.05) is 12.8 Å². The molecule has 0 spiro atoms. The Morgan fingerprint density at radius 2 is 2.11 bits per heavy atom. The third-order valence-corrected chi connectivity index (χ3v) is 5.26. The second-order valence-electron chi connectivity index (χ2n) is 7.15. The van der Waals surface area contributed by atoms with Gasteiger partial charge in [0, 0.05) is 37.0 Å². The molecule has 2 aliphatic rings. The number of aryl methyl sites for hydroxylation is 1. The minimum absolute atomic E-state index is 0.0261. The Labute approximate surface area is 160 Å². The lowest BCUT2D eigenvalue weighted by molar-refractivity contribution is 0.0966. The lowest BCUT2D eigenvalue weighted by Gasteiger charge is -2.32. The number of nitrogens with one attached hydrogen (secondary N) is 3. The van der Waals surface area contributed by atoms with E-state index in [0.29, 0.717) is 24.1 Å². The third kappa shape index (κ3) is 3.25. The Hall–Kier alpha value is -3.17. The predicted molar refractivity (Wildman–Crippen MR) is 98.4 cm³/mol. The maximum Gasteiger partial charge on any atom is 0.404 e. The molecule has 9 nitrogen and oxygen atoms in total. The molecule has 0 bridgehead atoms. The molecular weight excluding hydrogens is 367 g/mol. The van der Waals surface area contributed by atoms with Crippen LogP contribution in [0.4, 0.5) is 15.0 Å². The number of carbonyl (C=O) groups excluding carboxylic acids is 1. The van der Waals surface area contributed by atoms with E-state index in [9.17, 15) is 9.59 Å². The normalized spacial score (nSPS) is 21.1. The van der Waals surface area contributed by atoms with Crippen molar-refractivity contribution in [2.24, 2.45) is 7.05 Å². The van der Waals surface area contributed by atoms with Crippen LogP contribution in [0.3, 0.4) is 0 Å². The van der Waals surface area contributed by atoms with Crippen molar-refractivity contribution in [3.63, 3.8) is 0 Å². The highest BCUT2D eigenvalue weighted by Crippen LogP contribution is 2.33. The van der Waals surface area contributed by atoms with Gasteiger partial charge in [-0.3, -0.25) is 9.48 Å². The number of nitrogens with zero attached hydrogens (tertiary/aromatic N) is 3. The Bertz CT molecular complexity index is 944. The molecule has 4 rings (SSSR count). The number of carbonyl (C=O) groups is 2. The van der Waals surface area contributed by atoms with Crippen LogP contribution < -0.4 is 16.0 Å². The number of rotatable bonds is 4. The summed E-state index contributed by atoms with van der Waals surface area (Å²) >= 11 is 0. The predicted octanol–water partition coefficient (Wildman–Crippen LogP) is 1.86. The quantitative estimate of drug-likeness (QED) is 0.634. The summed E-state index contributed by atoms with van der Waals surface area (Å²) in [6.45, 7) is 0.0892. The third-order valence-electron chi connectivity index (χ3n) is 5.26. The summed E-state index contributed by atoms with van der Waals surface area (Å²) in [5, 5.41) is 21.4. The number of carboxylic acid groups (broad SMARTS) is 1. The maximum absolute atomic E-state index is 15.1. The van der Waals surface area contributed by atoms with Crippen LogP contribution in [0.25, 0.3) is 11.3 Å². The van der Waals surface area contributed by atoms with E-state index in [0.717, 1.165) is 12.8 Å². The summed E-state index contributed by atoms with van der Waals surface area (Å²) in [6, 6.07) is -0.612. The Morgan fingerprint density at radius 3 is 2.79 bits per heavy atom. The molecule has 1 fully saturated rings. The van der Waals surface area contributed by atoms with Crippen LogP contribution in [-0.4, -0.2) is 44.0 Å². The van der Waals surface area contributed by atoms with Crippen LogP contribution in [0.2, 0.25) is 0 Å². The first kappa shape index (κ1) is 18.2. The van der Waals surface area contributed by atoms with Crippen LogP contribution in [0.1, 0.15) is 41.6 Å². The topological polar surface area (TPSA) is 121 Å². The molecule has 0 aromatic carbocycles. The summed E-state index contributed by atoms with van der Waals surface area (Å²) in [5.41, 5.74) is 1.46. The monoisotopic (exact) mass is 388 g/mol. The Kier molecular flexibility index (Phi) is 4.62. The van der Waals surface area contributed by atoms with E-state index in [1.165, 1.54) is 0 Å². The lowest BCUT2D eigenvalue weighted by atomic mass is 9.90. The van der Waals surface area contributed by atoms with Gasteiger partial charge in [-0.15, -0.1) is 0 Å². The zero-order valence-corrected chi connectivity index (χ0v) is 15.3. The number of aromatic nitrogens is 3. The van der Waals surface area contributed by atoms with Gasteiger partial charge >= 0.3 is 6.09 Å². The van der Waals surface area contributed by atoms with Crippen LogP contribution >= 0.6 is 0 Å². The van der Waals surface area contributed by atoms with Crippen LogP contribution in [-0.2, 0) is 13.6 Å². The first-order chi connectivity index (χ1) is 13.4. The standard InChI is InChI=1S/C18H21FN6O3/c1-25-8-9(6-21-25)15-13-10(7-20-17(13)26)14(19)16(24-15)22-11-4-2-3-5-12(11)23-18(27)28/h6,8,11-12,23H,2-5,7H2,1H3,(H,20,26)(H,22,24)(H,27,28)/t11-,12+/m1/s1. The largest absolute Gasteiger partial charge is 0.465 e.